The fraction of sp³-hybridized carbons (Fsp3) is 0.585. The van der Waals surface area contributed by atoms with E-state index in [1.807, 2.05) is 0 Å². The molecule has 0 aliphatic carbocycles. The highest BCUT2D eigenvalue weighted by atomic mass is 32.1. The standard InChI is InChI=1S/C41H67N13O13S2/c1-21(2)32(54-35(61)25(12-8-14-46-41(44)45)49-33(59)23(43)19-68)39(65)52-27(16-31(57)58)37(63)51-26(15-22-9-4-3-5-10-22)36(62)53-28(18-55)38(64)50-24(11-6-7-13-42)34(60)47-17-30(56)48-29(20-69)40(66)67/h3-5,9-10,21,23-29,32,55,68-69H,6-8,11-20,42-43H2,1-2H3,(H,47,60)(H,48,56)(H,49,59)(H,50,64)(H,51,63)(H,52,65)(H,53,62)(H,54,61)(H,57,58)(H,66,67)(H4,44,45,46)/t23-,24-,25-,26-,27-,28-,29-,32-/m0/s1. The molecule has 0 saturated carbocycles. The molecular weight excluding hydrogens is 947 g/mol. The van der Waals surface area contributed by atoms with Crippen molar-refractivity contribution in [1.29, 1.82) is 0 Å². The number of aliphatic hydroxyl groups excluding tert-OH is 1. The van der Waals surface area contributed by atoms with Crippen LogP contribution in [0.5, 0.6) is 0 Å². The molecule has 69 heavy (non-hydrogen) atoms. The Hall–Kier alpha value is -6.23. The van der Waals surface area contributed by atoms with Crippen LogP contribution in [0.25, 0.3) is 0 Å². The van der Waals surface area contributed by atoms with Gasteiger partial charge < -0.3 is 80.8 Å². The number of carboxylic acid groups (broad SMARTS) is 2. The molecule has 0 bridgehead atoms. The highest BCUT2D eigenvalue weighted by molar-refractivity contribution is 7.80. The van der Waals surface area contributed by atoms with Crippen LogP contribution in [0.15, 0.2) is 35.3 Å². The van der Waals surface area contributed by atoms with Crippen molar-refractivity contribution in [2.45, 2.75) is 107 Å². The topological polar surface area (TPSA) is 444 Å². The Morgan fingerprint density at radius 1 is 0.638 bits per heavy atom. The minimum absolute atomic E-state index is 0.00625. The Balaban J connectivity index is 3.38. The number of aliphatic hydroxyl groups is 1. The van der Waals surface area contributed by atoms with Crippen molar-refractivity contribution in [1.82, 2.24) is 42.5 Å². The van der Waals surface area contributed by atoms with E-state index >= 15 is 0 Å². The summed E-state index contributed by atoms with van der Waals surface area (Å²) < 4.78 is 0. The lowest BCUT2D eigenvalue weighted by atomic mass is 10.0. The van der Waals surface area contributed by atoms with E-state index in [-0.39, 0.29) is 56.2 Å². The van der Waals surface area contributed by atoms with Gasteiger partial charge in [-0.2, -0.15) is 25.3 Å². The number of aliphatic carboxylic acids is 2. The maximum absolute atomic E-state index is 13.9. The van der Waals surface area contributed by atoms with Crippen molar-refractivity contribution in [2.75, 3.05) is 37.7 Å². The minimum Gasteiger partial charge on any atom is -0.481 e. The number of nitrogens with two attached hydrogens (primary N) is 4. The molecule has 28 heteroatoms. The van der Waals surface area contributed by atoms with Crippen LogP contribution in [0, 0.1) is 5.92 Å². The van der Waals surface area contributed by atoms with Gasteiger partial charge in [0.15, 0.2) is 5.96 Å². The summed E-state index contributed by atoms with van der Waals surface area (Å²) in [5, 5.41) is 48.2. The van der Waals surface area contributed by atoms with E-state index in [2.05, 4.69) is 72.8 Å². The summed E-state index contributed by atoms with van der Waals surface area (Å²) in [5.41, 5.74) is 22.6. The van der Waals surface area contributed by atoms with Gasteiger partial charge in [-0.3, -0.25) is 48.1 Å². The number of hydrogen-bond acceptors (Lipinski definition) is 16. The summed E-state index contributed by atoms with van der Waals surface area (Å²) in [5.74, 6) is -11.7. The number of hydrogen-bond donors (Lipinski definition) is 17. The van der Waals surface area contributed by atoms with Crippen molar-refractivity contribution in [3.05, 3.63) is 35.9 Å². The maximum atomic E-state index is 13.9. The molecular formula is C41H67N13O13S2. The molecule has 0 aliphatic rings. The lowest BCUT2D eigenvalue weighted by molar-refractivity contribution is -0.142. The number of rotatable bonds is 33. The molecule has 0 saturated heterocycles. The maximum Gasteiger partial charge on any atom is 0.327 e. The van der Waals surface area contributed by atoms with E-state index < -0.39 is 133 Å². The van der Waals surface area contributed by atoms with Crippen molar-refractivity contribution in [2.24, 2.45) is 33.8 Å². The normalized spacial score (nSPS) is 14.4. The fourth-order valence-electron chi connectivity index (χ4n) is 6.12. The summed E-state index contributed by atoms with van der Waals surface area (Å²) in [6.45, 7) is 1.72. The van der Waals surface area contributed by atoms with Crippen molar-refractivity contribution >= 4 is 90.4 Å². The average molecular weight is 1010 g/mol. The van der Waals surface area contributed by atoms with Gasteiger partial charge >= 0.3 is 11.9 Å². The largest absolute Gasteiger partial charge is 0.481 e. The van der Waals surface area contributed by atoms with Crippen molar-refractivity contribution in [3.63, 3.8) is 0 Å². The molecule has 1 aromatic rings. The molecule has 0 radical (unpaired) electrons. The molecule has 1 rings (SSSR count). The number of unbranched alkanes of at least 4 members (excludes halogenated alkanes) is 1. The predicted octanol–water partition coefficient (Wildman–Crippen LogP) is -5.68. The number of benzene rings is 1. The summed E-state index contributed by atoms with van der Waals surface area (Å²) in [7, 11) is 0. The highest BCUT2D eigenvalue weighted by Gasteiger charge is 2.35. The third kappa shape index (κ3) is 23.6. The number of nitrogens with zero attached hydrogens (tertiary/aromatic N) is 1. The van der Waals surface area contributed by atoms with Crippen LogP contribution in [0.4, 0.5) is 0 Å². The van der Waals surface area contributed by atoms with E-state index in [9.17, 15) is 63.3 Å². The van der Waals surface area contributed by atoms with Crippen molar-refractivity contribution in [3.8, 4) is 0 Å². The SMILES string of the molecule is CC(C)[C@H](NC(=O)[C@H](CCCN=C(N)N)NC(=O)[C@@H](N)CS)C(=O)N[C@@H](CC(=O)O)C(=O)N[C@@H](Cc1ccccc1)C(=O)N[C@@H](CO)C(=O)N[C@@H](CCCCN)C(=O)NCC(=O)N[C@@H](CS)C(=O)O. The molecule has 0 heterocycles. The zero-order valence-electron chi connectivity index (χ0n) is 38.4. The van der Waals surface area contributed by atoms with Gasteiger partial charge in [0, 0.05) is 24.5 Å². The number of aliphatic imine (C=N–C) groups is 1. The molecule has 0 aliphatic heterocycles. The van der Waals surface area contributed by atoms with Gasteiger partial charge in [-0.05, 0) is 50.1 Å². The molecule has 8 atom stereocenters. The second-order valence-electron chi connectivity index (χ2n) is 15.9. The zero-order valence-corrected chi connectivity index (χ0v) is 40.1. The average Bonchev–Trinajstić information content (AvgIpc) is 3.30. The first kappa shape index (κ1) is 60.8. The van der Waals surface area contributed by atoms with E-state index in [0.717, 1.165) is 0 Å². The van der Waals surface area contributed by atoms with Crippen LogP contribution in [0.1, 0.15) is 57.9 Å². The zero-order chi connectivity index (χ0) is 52.2. The molecule has 0 aromatic heterocycles. The number of carboxylic acids is 2. The van der Waals surface area contributed by atoms with E-state index in [1.54, 1.807) is 44.2 Å². The van der Waals surface area contributed by atoms with Gasteiger partial charge in [0.1, 0.15) is 42.3 Å². The van der Waals surface area contributed by atoms with Gasteiger partial charge in [0.2, 0.25) is 47.3 Å². The number of nitrogens with one attached hydrogen (secondary N) is 8. The molecule has 0 fully saturated rings. The number of carbonyl (C=O) groups is 10. The number of carbonyl (C=O) groups excluding carboxylic acids is 8. The van der Waals surface area contributed by atoms with Gasteiger partial charge in [0.25, 0.3) is 0 Å². The second kappa shape index (κ2) is 32.5. The van der Waals surface area contributed by atoms with E-state index in [4.69, 9.17) is 22.9 Å². The van der Waals surface area contributed by atoms with Crippen LogP contribution in [0.2, 0.25) is 0 Å². The lowest BCUT2D eigenvalue weighted by Crippen LogP contribution is -2.61. The quantitative estimate of drug-likeness (QED) is 0.0135. The molecule has 26 nitrogen and oxygen atoms in total. The number of amides is 8. The Morgan fingerprint density at radius 2 is 1.17 bits per heavy atom. The van der Waals surface area contributed by atoms with Gasteiger partial charge in [-0.25, -0.2) is 4.79 Å². The fourth-order valence-corrected chi connectivity index (χ4v) is 6.53. The summed E-state index contributed by atoms with van der Waals surface area (Å²) >= 11 is 7.88. The third-order valence-electron chi connectivity index (χ3n) is 9.92. The van der Waals surface area contributed by atoms with Crippen molar-refractivity contribution < 1.29 is 63.3 Å². The van der Waals surface area contributed by atoms with Gasteiger partial charge in [0.05, 0.1) is 25.6 Å². The molecule has 19 N–H and O–H groups in total. The first-order chi connectivity index (χ1) is 32.6. The summed E-state index contributed by atoms with van der Waals surface area (Å²) in [6, 6.07) is -3.48. The second-order valence-corrected chi connectivity index (χ2v) is 16.6. The Labute approximate surface area is 409 Å². The first-order valence-electron chi connectivity index (χ1n) is 21.8. The summed E-state index contributed by atoms with van der Waals surface area (Å²) in [6.07, 6.45) is -0.335. The number of thiol groups is 2. The van der Waals surface area contributed by atoms with Gasteiger partial charge in [-0.1, -0.05) is 44.2 Å². The smallest absolute Gasteiger partial charge is 0.327 e. The molecule has 0 spiro atoms. The monoisotopic (exact) mass is 1010 g/mol. The molecule has 386 valence electrons. The Kier molecular flexibility index (Phi) is 28.6. The van der Waals surface area contributed by atoms with Crippen LogP contribution in [-0.4, -0.2) is 167 Å². The number of guanidine groups is 1. The minimum atomic E-state index is -1.86. The Bertz CT molecular complexity index is 1930. The highest BCUT2D eigenvalue weighted by Crippen LogP contribution is 2.10. The van der Waals surface area contributed by atoms with Crippen LogP contribution >= 0.6 is 25.3 Å². The van der Waals surface area contributed by atoms with E-state index in [0.29, 0.717) is 18.4 Å². The first-order valence-corrected chi connectivity index (χ1v) is 23.1. The Morgan fingerprint density at radius 3 is 1.72 bits per heavy atom. The van der Waals surface area contributed by atoms with Crippen LogP contribution in [-0.2, 0) is 54.4 Å². The van der Waals surface area contributed by atoms with Crippen LogP contribution < -0.4 is 65.5 Å². The van der Waals surface area contributed by atoms with Crippen LogP contribution in [0.3, 0.4) is 0 Å². The summed E-state index contributed by atoms with van der Waals surface area (Å²) in [4.78, 5) is 134. The third-order valence-corrected chi connectivity index (χ3v) is 10.7. The molecule has 8 amide bonds. The molecule has 1 aromatic carbocycles. The molecule has 0 unspecified atom stereocenters. The predicted molar refractivity (Wildman–Crippen MR) is 257 cm³/mol. The van der Waals surface area contributed by atoms with Gasteiger partial charge in [-0.15, -0.1) is 0 Å². The lowest BCUT2D eigenvalue weighted by Gasteiger charge is -2.28. The van der Waals surface area contributed by atoms with E-state index in [1.165, 1.54) is 0 Å².